The third-order valence-corrected chi connectivity index (χ3v) is 5.05. The topological polar surface area (TPSA) is 88.7 Å². The first-order chi connectivity index (χ1) is 14.6. The Kier molecular flexibility index (Phi) is 6.27. The van der Waals surface area contributed by atoms with Crippen LogP contribution in [0, 0.1) is 0 Å². The third-order valence-electron chi connectivity index (χ3n) is 4.80. The van der Waals surface area contributed by atoms with Gasteiger partial charge in [0.2, 0.25) is 5.88 Å². The number of benzene rings is 2. The summed E-state index contributed by atoms with van der Waals surface area (Å²) in [5.74, 6) is -0.0832. The Hall–Kier alpha value is -2.94. The number of nitrogens with zero attached hydrogens (tertiary/aromatic N) is 4. The molecule has 2 aromatic carbocycles. The molecule has 4 rings (SSSR count). The van der Waals surface area contributed by atoms with E-state index in [-0.39, 0.29) is 18.2 Å². The Balaban J connectivity index is 1.50. The van der Waals surface area contributed by atoms with Gasteiger partial charge in [-0.2, -0.15) is 0 Å². The van der Waals surface area contributed by atoms with Gasteiger partial charge in [0, 0.05) is 23.5 Å². The van der Waals surface area contributed by atoms with Crippen molar-refractivity contribution in [2.24, 2.45) is 10.2 Å². The van der Waals surface area contributed by atoms with Gasteiger partial charge in [-0.3, -0.25) is 14.3 Å². The summed E-state index contributed by atoms with van der Waals surface area (Å²) in [5, 5.41) is 19.8. The molecule has 30 heavy (non-hydrogen) atoms. The number of rotatable bonds is 6. The van der Waals surface area contributed by atoms with Crippen LogP contribution in [0.3, 0.4) is 0 Å². The lowest BCUT2D eigenvalue weighted by atomic mass is 10.2. The first kappa shape index (κ1) is 20.3. The van der Waals surface area contributed by atoms with Crippen molar-refractivity contribution in [1.82, 2.24) is 9.47 Å². The first-order valence-corrected chi connectivity index (χ1v) is 9.93. The fraction of sp³-hybridized carbons (Fsp3) is 0.286. The number of ether oxygens (including phenoxy) is 2. The van der Waals surface area contributed by atoms with Crippen LogP contribution in [-0.4, -0.2) is 53.4 Å². The SMILES string of the molecule is O=C(COc1ccc(Cl)cc1)N=Nc1c(O)n(CN2CCOCC2)c2ccccc12. The van der Waals surface area contributed by atoms with Gasteiger partial charge in [-0.15, -0.1) is 10.2 Å². The molecule has 156 valence electrons. The number of fused-ring (bicyclic) bond motifs is 1. The van der Waals surface area contributed by atoms with Crippen molar-refractivity contribution >= 4 is 34.1 Å². The van der Waals surface area contributed by atoms with Gasteiger partial charge in [0.15, 0.2) is 12.3 Å². The van der Waals surface area contributed by atoms with Gasteiger partial charge in [-0.25, -0.2) is 0 Å². The molecule has 9 heteroatoms. The minimum atomic E-state index is -0.561. The number of amides is 1. The molecule has 1 N–H and O–H groups in total. The summed E-state index contributed by atoms with van der Waals surface area (Å²) in [4.78, 5) is 14.3. The number of aromatic nitrogens is 1. The number of morpholine rings is 1. The largest absolute Gasteiger partial charge is 0.493 e. The zero-order valence-electron chi connectivity index (χ0n) is 16.2. The molecule has 2 heterocycles. The second-order valence-electron chi connectivity index (χ2n) is 6.83. The third kappa shape index (κ3) is 4.62. The van der Waals surface area contributed by atoms with Gasteiger partial charge in [0.1, 0.15) is 5.75 Å². The zero-order chi connectivity index (χ0) is 20.9. The Morgan fingerprint density at radius 3 is 2.63 bits per heavy atom. The molecule has 1 aliphatic rings. The van der Waals surface area contributed by atoms with Crippen molar-refractivity contribution in [3.8, 4) is 11.6 Å². The molecule has 0 spiro atoms. The van der Waals surface area contributed by atoms with Crippen molar-refractivity contribution in [2.45, 2.75) is 6.67 Å². The van der Waals surface area contributed by atoms with E-state index in [2.05, 4.69) is 15.1 Å². The molecular formula is C21H21ClN4O4. The molecule has 0 bridgehead atoms. The summed E-state index contributed by atoms with van der Waals surface area (Å²) in [6.45, 7) is 3.12. The van der Waals surface area contributed by atoms with Gasteiger partial charge in [0.25, 0.3) is 0 Å². The Bertz CT molecular complexity index is 1060. The number of carbonyl (C=O) groups excluding carboxylic acids is 1. The summed E-state index contributed by atoms with van der Waals surface area (Å²) < 4.78 is 12.5. The van der Waals surface area contributed by atoms with Crippen LogP contribution in [0.5, 0.6) is 11.6 Å². The highest BCUT2D eigenvalue weighted by Crippen LogP contribution is 2.39. The van der Waals surface area contributed by atoms with E-state index in [4.69, 9.17) is 21.1 Å². The smallest absolute Gasteiger partial charge is 0.302 e. The molecule has 0 unspecified atom stereocenters. The molecule has 8 nitrogen and oxygen atoms in total. The van der Waals surface area contributed by atoms with Crippen LogP contribution in [0.15, 0.2) is 58.8 Å². The Labute approximate surface area is 178 Å². The Morgan fingerprint density at radius 1 is 1.13 bits per heavy atom. The quantitative estimate of drug-likeness (QED) is 0.600. The molecule has 1 aliphatic heterocycles. The van der Waals surface area contributed by atoms with Crippen LogP contribution in [0.4, 0.5) is 5.69 Å². The minimum Gasteiger partial charge on any atom is -0.493 e. The van der Waals surface area contributed by atoms with E-state index in [0.29, 0.717) is 30.7 Å². The summed E-state index contributed by atoms with van der Waals surface area (Å²) >= 11 is 5.83. The molecule has 1 saturated heterocycles. The highest BCUT2D eigenvalue weighted by atomic mass is 35.5. The molecule has 1 fully saturated rings. The normalized spacial score (nSPS) is 15.1. The lowest BCUT2D eigenvalue weighted by Gasteiger charge is -2.27. The highest BCUT2D eigenvalue weighted by Gasteiger charge is 2.19. The average molecular weight is 429 g/mol. The summed E-state index contributed by atoms with van der Waals surface area (Å²) in [6.07, 6.45) is 0. The van der Waals surface area contributed by atoms with Crippen molar-refractivity contribution in [1.29, 1.82) is 0 Å². The van der Waals surface area contributed by atoms with Crippen molar-refractivity contribution in [3.63, 3.8) is 0 Å². The maximum atomic E-state index is 12.1. The minimum absolute atomic E-state index is 0.0298. The van der Waals surface area contributed by atoms with E-state index in [9.17, 15) is 9.90 Å². The van der Waals surface area contributed by atoms with E-state index in [1.54, 1.807) is 28.8 Å². The predicted octanol–water partition coefficient (Wildman–Crippen LogP) is 3.98. The van der Waals surface area contributed by atoms with Gasteiger partial charge in [0.05, 0.1) is 25.4 Å². The number of para-hydroxylation sites is 1. The second kappa shape index (κ2) is 9.25. The molecule has 1 amide bonds. The molecule has 3 aromatic rings. The van der Waals surface area contributed by atoms with Crippen LogP contribution < -0.4 is 4.74 Å². The van der Waals surface area contributed by atoms with E-state index < -0.39 is 5.91 Å². The summed E-state index contributed by atoms with van der Waals surface area (Å²) in [7, 11) is 0. The van der Waals surface area contributed by atoms with Crippen LogP contribution >= 0.6 is 11.6 Å². The lowest BCUT2D eigenvalue weighted by Crippen LogP contribution is -2.37. The van der Waals surface area contributed by atoms with Crippen LogP contribution in [0.25, 0.3) is 10.9 Å². The van der Waals surface area contributed by atoms with Crippen LogP contribution in [0.1, 0.15) is 0 Å². The monoisotopic (exact) mass is 428 g/mol. The number of carbonyl (C=O) groups is 1. The highest BCUT2D eigenvalue weighted by molar-refractivity contribution is 6.30. The van der Waals surface area contributed by atoms with E-state index >= 15 is 0 Å². The fourth-order valence-corrected chi connectivity index (χ4v) is 3.39. The maximum absolute atomic E-state index is 12.1. The second-order valence-corrected chi connectivity index (χ2v) is 7.26. The molecule has 1 aromatic heterocycles. The molecule has 0 saturated carbocycles. The average Bonchev–Trinajstić information content (AvgIpc) is 3.03. The van der Waals surface area contributed by atoms with Crippen LogP contribution in [-0.2, 0) is 16.2 Å². The van der Waals surface area contributed by atoms with Gasteiger partial charge >= 0.3 is 5.91 Å². The maximum Gasteiger partial charge on any atom is 0.302 e. The predicted molar refractivity (Wildman–Crippen MR) is 112 cm³/mol. The number of azo groups is 1. The van der Waals surface area contributed by atoms with E-state index in [0.717, 1.165) is 24.0 Å². The van der Waals surface area contributed by atoms with E-state index in [1.807, 2.05) is 24.3 Å². The number of aromatic hydroxyl groups is 1. The molecule has 0 atom stereocenters. The first-order valence-electron chi connectivity index (χ1n) is 9.55. The molecule has 0 radical (unpaired) electrons. The van der Waals surface area contributed by atoms with Crippen molar-refractivity contribution in [3.05, 3.63) is 53.6 Å². The zero-order valence-corrected chi connectivity index (χ0v) is 17.0. The summed E-state index contributed by atoms with van der Waals surface area (Å²) in [5.41, 5.74) is 1.08. The number of hydrogen-bond donors (Lipinski definition) is 1. The number of halogens is 1. The number of hydrogen-bond acceptors (Lipinski definition) is 6. The summed E-state index contributed by atoms with van der Waals surface area (Å²) in [6, 6.07) is 14.2. The van der Waals surface area contributed by atoms with Crippen molar-refractivity contribution in [2.75, 3.05) is 32.9 Å². The van der Waals surface area contributed by atoms with Gasteiger partial charge < -0.3 is 14.6 Å². The van der Waals surface area contributed by atoms with Crippen molar-refractivity contribution < 1.29 is 19.4 Å². The fourth-order valence-electron chi connectivity index (χ4n) is 3.27. The van der Waals surface area contributed by atoms with Crippen LogP contribution in [0.2, 0.25) is 5.02 Å². The standard InChI is InChI=1S/C21H21ClN4O4/c22-15-5-7-16(8-6-15)30-13-19(27)23-24-20-17-3-1-2-4-18(17)26(21(20)28)14-25-9-11-29-12-10-25/h1-8,28H,9-14H2. The Morgan fingerprint density at radius 2 is 1.87 bits per heavy atom. The van der Waals surface area contributed by atoms with Gasteiger partial charge in [-0.05, 0) is 30.3 Å². The molecule has 0 aliphatic carbocycles. The van der Waals surface area contributed by atoms with E-state index in [1.165, 1.54) is 0 Å². The molecular weight excluding hydrogens is 408 g/mol. The lowest BCUT2D eigenvalue weighted by molar-refractivity contribution is -0.120. The van der Waals surface area contributed by atoms with Gasteiger partial charge in [-0.1, -0.05) is 29.8 Å².